The van der Waals surface area contributed by atoms with Crippen LogP contribution in [0.5, 0.6) is 0 Å². The van der Waals surface area contributed by atoms with Crippen molar-refractivity contribution in [3.63, 3.8) is 0 Å². The molecule has 0 fully saturated rings. The van der Waals surface area contributed by atoms with Crippen LogP contribution >= 0.6 is 11.8 Å². The van der Waals surface area contributed by atoms with Gasteiger partial charge in [0.2, 0.25) is 5.91 Å². The smallest absolute Gasteiger partial charge is 0.377 e. The lowest BCUT2D eigenvalue weighted by Gasteiger charge is -2.18. The number of nitrogens with zero attached hydrogens (tertiary/aromatic N) is 2. The summed E-state index contributed by atoms with van der Waals surface area (Å²) >= 11 is -0.120. The van der Waals surface area contributed by atoms with Gasteiger partial charge < -0.3 is 20.3 Å². The van der Waals surface area contributed by atoms with Crippen LogP contribution < -0.4 is 16.2 Å². The molecule has 8 nitrogen and oxygen atoms in total. The number of thioether (sulfide) groups is 1. The van der Waals surface area contributed by atoms with Crippen LogP contribution in [0.1, 0.15) is 5.56 Å². The number of aromatic nitrogens is 2. The number of alkyl halides is 2. The van der Waals surface area contributed by atoms with Gasteiger partial charge in [0.05, 0.1) is 12.2 Å². The van der Waals surface area contributed by atoms with Gasteiger partial charge in [-0.3, -0.25) is 14.4 Å². The van der Waals surface area contributed by atoms with Crippen molar-refractivity contribution in [2.75, 3.05) is 13.1 Å². The summed E-state index contributed by atoms with van der Waals surface area (Å²) < 4.78 is 30.5. The maximum atomic E-state index is 14.6. The van der Waals surface area contributed by atoms with Crippen molar-refractivity contribution in [2.45, 2.75) is 17.3 Å². The lowest BCUT2D eigenvalue weighted by Crippen LogP contribution is -2.44. The van der Waals surface area contributed by atoms with Gasteiger partial charge in [-0.2, -0.15) is 8.78 Å². The summed E-state index contributed by atoms with van der Waals surface area (Å²) in [6.07, 6.45) is 1.21. The zero-order chi connectivity index (χ0) is 23.5. The van der Waals surface area contributed by atoms with E-state index in [1.807, 2.05) is 42.6 Å². The van der Waals surface area contributed by atoms with E-state index in [9.17, 15) is 23.2 Å². The van der Waals surface area contributed by atoms with Crippen molar-refractivity contribution in [1.29, 1.82) is 0 Å². The number of carbonyl (C=O) groups excluding carboxylic acids is 2. The number of rotatable bonds is 8. The van der Waals surface area contributed by atoms with Crippen LogP contribution in [0, 0.1) is 6.92 Å². The largest absolute Gasteiger partial charge is 0.480 e. The van der Waals surface area contributed by atoms with E-state index in [1.54, 1.807) is 11.4 Å². The Balaban J connectivity index is 1.82. The minimum atomic E-state index is -3.98. The lowest BCUT2D eigenvalue weighted by molar-refractivity contribution is -0.138. The predicted molar refractivity (Wildman–Crippen MR) is 116 cm³/mol. The fourth-order valence-electron chi connectivity index (χ4n) is 2.95. The van der Waals surface area contributed by atoms with Crippen LogP contribution in [0.2, 0.25) is 0 Å². The number of aryl methyl sites for hydroxylation is 1. The molecule has 3 rings (SSSR count). The molecule has 0 aliphatic rings. The van der Waals surface area contributed by atoms with E-state index < -0.39 is 36.1 Å². The van der Waals surface area contributed by atoms with E-state index in [0.717, 1.165) is 16.3 Å². The molecule has 0 bridgehead atoms. The van der Waals surface area contributed by atoms with Gasteiger partial charge in [-0.25, -0.2) is 4.98 Å². The summed E-state index contributed by atoms with van der Waals surface area (Å²) in [5.74, 6) is -3.95. The topological polar surface area (TPSA) is 113 Å². The highest BCUT2D eigenvalue weighted by molar-refractivity contribution is 8.00. The Kier molecular flexibility index (Phi) is 6.82. The molecular formula is C20H17BF2N4O4S. The minimum absolute atomic E-state index is 0.103. The molecule has 1 aromatic heterocycles. The normalized spacial score (nSPS) is 11.3. The molecule has 2 radical (unpaired) electrons. The second kappa shape index (κ2) is 9.39. The summed E-state index contributed by atoms with van der Waals surface area (Å²) in [7, 11) is 5.99. The molecule has 3 aromatic rings. The van der Waals surface area contributed by atoms with Crippen LogP contribution in [0.25, 0.3) is 16.5 Å². The number of fused-ring (bicyclic) bond motifs is 1. The zero-order valence-electron chi connectivity index (χ0n) is 16.8. The molecule has 164 valence electrons. The molecule has 32 heavy (non-hydrogen) atoms. The Morgan fingerprint density at radius 1 is 1.12 bits per heavy atom. The molecule has 2 aromatic carbocycles. The van der Waals surface area contributed by atoms with Gasteiger partial charge in [-0.05, 0) is 41.3 Å². The number of carbonyl (C=O) groups is 3. The molecule has 0 aliphatic heterocycles. The van der Waals surface area contributed by atoms with Crippen molar-refractivity contribution >= 4 is 53.8 Å². The van der Waals surface area contributed by atoms with E-state index in [4.69, 9.17) is 13.0 Å². The molecule has 2 amide bonds. The Hall–Kier alpha value is -3.41. The van der Waals surface area contributed by atoms with Crippen molar-refractivity contribution in [2.24, 2.45) is 0 Å². The molecule has 0 unspecified atom stereocenters. The van der Waals surface area contributed by atoms with Crippen molar-refractivity contribution in [3.05, 3.63) is 48.2 Å². The molecule has 12 heteroatoms. The quantitative estimate of drug-likeness (QED) is 0.345. The highest BCUT2D eigenvalue weighted by Gasteiger charge is 2.42. The monoisotopic (exact) mass is 458 g/mol. The van der Waals surface area contributed by atoms with E-state index in [2.05, 4.69) is 4.98 Å². The minimum Gasteiger partial charge on any atom is -0.480 e. The third-order valence-corrected chi connectivity index (χ3v) is 5.36. The standard InChI is InChI=1S/C20H17BF2N4O4S/c1-11-6-7-14(13-5-3-2-4-12(11)13)27-15(21)8-26-19(27)32-20(22,23)18(31)25-9-16(28)24-10-17(29)30/h2-8H,9-10H2,1H3,(H,24,28)(H,25,31)(H,29,30). The van der Waals surface area contributed by atoms with Crippen LogP contribution in [-0.2, 0) is 14.4 Å². The number of hydrogen-bond acceptors (Lipinski definition) is 5. The lowest BCUT2D eigenvalue weighted by atomic mass is 10.0. The number of hydrogen-bond donors (Lipinski definition) is 3. The van der Waals surface area contributed by atoms with Crippen LogP contribution in [0.3, 0.4) is 0 Å². The predicted octanol–water partition coefficient (Wildman–Crippen LogP) is 1.13. The van der Waals surface area contributed by atoms with Gasteiger partial charge in [-0.15, -0.1) is 0 Å². The SMILES string of the molecule is [B]c1cnc(SC(F)(F)C(=O)NCC(=O)NCC(=O)O)n1-c1ccc(C)c2ccccc12. The van der Waals surface area contributed by atoms with Gasteiger partial charge >= 0.3 is 17.1 Å². The van der Waals surface area contributed by atoms with Gasteiger partial charge in [-0.1, -0.05) is 30.3 Å². The maximum absolute atomic E-state index is 14.6. The van der Waals surface area contributed by atoms with E-state index in [0.29, 0.717) is 5.69 Å². The molecule has 1 heterocycles. The molecule has 0 atom stereocenters. The van der Waals surface area contributed by atoms with Crippen molar-refractivity contribution in [3.8, 4) is 5.69 Å². The maximum Gasteiger partial charge on any atom is 0.377 e. The Morgan fingerprint density at radius 2 is 1.81 bits per heavy atom. The fraction of sp³-hybridized carbons (Fsp3) is 0.200. The second-order valence-corrected chi connectivity index (χ2v) is 7.80. The number of benzene rings is 2. The third kappa shape index (κ3) is 5.07. The number of amides is 2. The number of imidazole rings is 1. The molecular weight excluding hydrogens is 441 g/mol. The van der Waals surface area contributed by atoms with E-state index in [1.165, 1.54) is 10.8 Å². The number of carboxylic acids is 1. The first-order valence-corrected chi connectivity index (χ1v) is 10.1. The summed E-state index contributed by atoms with van der Waals surface area (Å²) in [6, 6.07) is 10.9. The Bertz CT molecular complexity index is 1200. The molecule has 3 N–H and O–H groups in total. The third-order valence-electron chi connectivity index (χ3n) is 4.45. The van der Waals surface area contributed by atoms with Crippen LogP contribution in [-0.4, -0.2) is 58.6 Å². The fourth-order valence-corrected chi connectivity index (χ4v) is 3.75. The van der Waals surface area contributed by atoms with Crippen LogP contribution in [0.4, 0.5) is 8.78 Å². The molecule has 0 spiro atoms. The second-order valence-electron chi connectivity index (χ2n) is 6.72. The highest BCUT2D eigenvalue weighted by atomic mass is 32.2. The Morgan fingerprint density at radius 3 is 2.50 bits per heavy atom. The number of aliphatic carboxylic acids is 1. The summed E-state index contributed by atoms with van der Waals surface area (Å²) in [4.78, 5) is 37.8. The Labute approximate surface area is 186 Å². The van der Waals surface area contributed by atoms with Gasteiger partial charge in [0, 0.05) is 11.6 Å². The van der Waals surface area contributed by atoms with Crippen molar-refractivity contribution in [1.82, 2.24) is 20.2 Å². The molecule has 0 saturated heterocycles. The highest BCUT2D eigenvalue weighted by Crippen LogP contribution is 2.37. The average Bonchev–Trinajstić information content (AvgIpc) is 3.10. The number of halogens is 2. The van der Waals surface area contributed by atoms with E-state index in [-0.39, 0.29) is 22.5 Å². The zero-order valence-corrected chi connectivity index (χ0v) is 17.6. The van der Waals surface area contributed by atoms with Gasteiger partial charge in [0.1, 0.15) is 14.4 Å². The van der Waals surface area contributed by atoms with E-state index >= 15 is 0 Å². The van der Waals surface area contributed by atoms with Gasteiger partial charge in [0.25, 0.3) is 0 Å². The summed E-state index contributed by atoms with van der Waals surface area (Å²) in [5.41, 5.74) is 1.61. The first-order valence-electron chi connectivity index (χ1n) is 9.25. The summed E-state index contributed by atoms with van der Waals surface area (Å²) in [5, 5.41) is 9.71. The van der Waals surface area contributed by atoms with Gasteiger partial charge in [0.15, 0.2) is 5.16 Å². The van der Waals surface area contributed by atoms with Crippen molar-refractivity contribution < 1.29 is 28.3 Å². The molecule has 0 aliphatic carbocycles. The number of carboxylic acid groups (broad SMARTS) is 1. The number of nitrogens with one attached hydrogen (secondary N) is 2. The molecule has 0 saturated carbocycles. The summed E-state index contributed by atoms with van der Waals surface area (Å²) in [6.45, 7) is 0.423. The average molecular weight is 458 g/mol. The first kappa shape index (κ1) is 23.3. The first-order chi connectivity index (χ1) is 15.1. The van der Waals surface area contributed by atoms with Crippen LogP contribution in [0.15, 0.2) is 47.8 Å².